The summed E-state index contributed by atoms with van der Waals surface area (Å²) in [4.78, 5) is 27.8. The SMILES string of the molecule is CC(C)(C)OC(=O)C=Cc1cnc2c(c1)C(O)C(C)(C)C(=O)N2. The second-order valence-electron chi connectivity index (χ2n) is 7.15. The number of pyridine rings is 1. The van der Waals surface area contributed by atoms with Crippen molar-refractivity contribution >= 4 is 23.8 Å². The first-order chi connectivity index (χ1) is 10.5. The Labute approximate surface area is 135 Å². The van der Waals surface area contributed by atoms with Crippen LogP contribution in [-0.4, -0.2) is 27.6 Å². The van der Waals surface area contributed by atoms with E-state index in [1.807, 2.05) is 0 Å². The first-order valence-corrected chi connectivity index (χ1v) is 7.41. The number of anilines is 1. The summed E-state index contributed by atoms with van der Waals surface area (Å²) in [6.07, 6.45) is 3.43. The molecule has 0 radical (unpaired) electrons. The Morgan fingerprint density at radius 2 is 2.09 bits per heavy atom. The minimum atomic E-state index is -0.964. The van der Waals surface area contributed by atoms with Gasteiger partial charge in [0.05, 0.1) is 11.5 Å². The summed E-state index contributed by atoms with van der Waals surface area (Å²) in [5.41, 5.74) is -0.330. The highest BCUT2D eigenvalue weighted by Crippen LogP contribution is 2.41. The van der Waals surface area contributed by atoms with Crippen LogP contribution in [0.1, 0.15) is 51.8 Å². The second-order valence-corrected chi connectivity index (χ2v) is 7.15. The molecule has 1 unspecified atom stereocenters. The molecule has 0 saturated carbocycles. The van der Waals surface area contributed by atoms with Crippen LogP contribution < -0.4 is 5.32 Å². The van der Waals surface area contributed by atoms with Crippen molar-refractivity contribution in [3.05, 3.63) is 29.5 Å². The Morgan fingerprint density at radius 3 is 2.70 bits per heavy atom. The van der Waals surface area contributed by atoms with Crippen molar-refractivity contribution in [1.82, 2.24) is 4.98 Å². The number of amides is 1. The zero-order valence-corrected chi connectivity index (χ0v) is 14.0. The van der Waals surface area contributed by atoms with E-state index in [-0.39, 0.29) is 5.91 Å². The average molecular weight is 318 g/mol. The summed E-state index contributed by atoms with van der Waals surface area (Å²) in [5.74, 6) is -0.386. The molecular formula is C17H22N2O4. The van der Waals surface area contributed by atoms with Crippen LogP contribution in [0.15, 0.2) is 18.3 Å². The average Bonchev–Trinajstić information content (AvgIpc) is 2.42. The van der Waals surface area contributed by atoms with Gasteiger partial charge in [-0.2, -0.15) is 0 Å². The van der Waals surface area contributed by atoms with Gasteiger partial charge in [-0.15, -0.1) is 0 Å². The number of rotatable bonds is 2. The molecule has 1 aromatic rings. The number of nitrogens with zero attached hydrogens (tertiary/aromatic N) is 1. The number of aliphatic hydroxyl groups excluding tert-OH is 1. The zero-order valence-electron chi connectivity index (χ0n) is 14.0. The minimum absolute atomic E-state index is 0.276. The van der Waals surface area contributed by atoms with Gasteiger partial charge in [-0.1, -0.05) is 0 Å². The number of aliphatic hydroxyl groups is 1. The summed E-state index contributed by atoms with van der Waals surface area (Å²) in [7, 11) is 0. The first kappa shape index (κ1) is 17.1. The molecule has 1 aliphatic rings. The van der Waals surface area contributed by atoms with E-state index in [2.05, 4.69) is 10.3 Å². The Balaban J connectivity index is 2.24. The van der Waals surface area contributed by atoms with Crippen LogP contribution in [0.25, 0.3) is 6.08 Å². The maximum absolute atomic E-state index is 11.9. The second kappa shape index (κ2) is 5.77. The standard InChI is InChI=1S/C17H22N2O4/c1-16(2,3)23-12(20)7-6-10-8-11-13(21)17(4,5)15(22)19-14(11)18-9-10/h6-9,13,21H,1-5H3,(H,18,19,22). The maximum atomic E-state index is 11.9. The van der Waals surface area contributed by atoms with E-state index in [1.54, 1.807) is 46.8 Å². The van der Waals surface area contributed by atoms with Gasteiger partial charge >= 0.3 is 5.97 Å². The molecule has 2 heterocycles. The van der Waals surface area contributed by atoms with Crippen LogP contribution in [-0.2, 0) is 14.3 Å². The number of esters is 1. The van der Waals surface area contributed by atoms with Crippen molar-refractivity contribution in [3.63, 3.8) is 0 Å². The molecule has 2 rings (SSSR count). The fourth-order valence-electron chi connectivity index (χ4n) is 2.18. The highest BCUT2D eigenvalue weighted by atomic mass is 16.6. The number of hydrogen-bond acceptors (Lipinski definition) is 5. The molecule has 6 nitrogen and oxygen atoms in total. The van der Waals surface area contributed by atoms with Crippen molar-refractivity contribution < 1.29 is 19.4 Å². The molecule has 124 valence electrons. The zero-order chi connectivity index (χ0) is 17.4. The van der Waals surface area contributed by atoms with E-state index in [0.717, 1.165) is 0 Å². The number of nitrogens with one attached hydrogen (secondary N) is 1. The highest BCUT2D eigenvalue weighted by Gasteiger charge is 2.42. The molecular weight excluding hydrogens is 296 g/mol. The van der Waals surface area contributed by atoms with Crippen molar-refractivity contribution in [2.24, 2.45) is 5.41 Å². The topological polar surface area (TPSA) is 88.5 Å². The molecule has 23 heavy (non-hydrogen) atoms. The molecule has 0 aromatic carbocycles. The van der Waals surface area contributed by atoms with E-state index in [9.17, 15) is 14.7 Å². The third kappa shape index (κ3) is 3.76. The smallest absolute Gasteiger partial charge is 0.331 e. The lowest BCUT2D eigenvalue weighted by molar-refractivity contribution is -0.148. The largest absolute Gasteiger partial charge is 0.457 e. The highest BCUT2D eigenvalue weighted by molar-refractivity contribution is 5.97. The van der Waals surface area contributed by atoms with E-state index >= 15 is 0 Å². The van der Waals surface area contributed by atoms with Gasteiger partial charge in [-0.3, -0.25) is 4.79 Å². The summed E-state index contributed by atoms with van der Waals surface area (Å²) in [6, 6.07) is 1.70. The lowest BCUT2D eigenvalue weighted by Gasteiger charge is -2.34. The van der Waals surface area contributed by atoms with Crippen LogP contribution in [0.3, 0.4) is 0 Å². The molecule has 0 fully saturated rings. The fourth-order valence-corrected chi connectivity index (χ4v) is 2.18. The Bertz CT molecular complexity index is 672. The third-order valence-corrected chi connectivity index (χ3v) is 3.55. The van der Waals surface area contributed by atoms with Crippen LogP contribution in [0.5, 0.6) is 0 Å². The van der Waals surface area contributed by atoms with Gasteiger partial charge < -0.3 is 15.2 Å². The van der Waals surface area contributed by atoms with E-state index in [4.69, 9.17) is 4.74 Å². The summed E-state index contributed by atoms with van der Waals surface area (Å²) >= 11 is 0. The molecule has 1 aromatic heterocycles. The number of fused-ring (bicyclic) bond motifs is 1. The number of hydrogen-bond donors (Lipinski definition) is 2. The molecule has 0 aliphatic carbocycles. The summed E-state index contributed by atoms with van der Waals surface area (Å²) in [6.45, 7) is 8.71. The van der Waals surface area contributed by atoms with Crippen LogP contribution in [0.4, 0.5) is 5.82 Å². The quantitative estimate of drug-likeness (QED) is 0.646. The van der Waals surface area contributed by atoms with Crippen LogP contribution in [0.2, 0.25) is 0 Å². The first-order valence-electron chi connectivity index (χ1n) is 7.41. The summed E-state index contributed by atoms with van der Waals surface area (Å²) in [5, 5.41) is 13.1. The molecule has 1 aliphatic heterocycles. The monoisotopic (exact) mass is 318 g/mol. The Kier molecular flexibility index (Phi) is 4.30. The Hall–Kier alpha value is -2.21. The predicted octanol–water partition coefficient (Wildman–Crippen LogP) is 2.45. The van der Waals surface area contributed by atoms with Crippen molar-refractivity contribution in [2.75, 3.05) is 5.32 Å². The lowest BCUT2D eigenvalue weighted by atomic mass is 9.79. The molecule has 0 spiro atoms. The predicted molar refractivity (Wildman–Crippen MR) is 86.5 cm³/mol. The lowest BCUT2D eigenvalue weighted by Crippen LogP contribution is -2.41. The molecule has 0 bridgehead atoms. The summed E-state index contributed by atoms with van der Waals surface area (Å²) < 4.78 is 5.19. The van der Waals surface area contributed by atoms with Gasteiger partial charge in [-0.05, 0) is 52.3 Å². The number of carbonyl (C=O) groups excluding carboxylic acids is 2. The Morgan fingerprint density at radius 1 is 1.43 bits per heavy atom. The van der Waals surface area contributed by atoms with E-state index in [0.29, 0.717) is 16.9 Å². The van der Waals surface area contributed by atoms with Gasteiger partial charge in [-0.25, -0.2) is 9.78 Å². The van der Waals surface area contributed by atoms with Gasteiger partial charge in [0, 0.05) is 17.8 Å². The number of aromatic nitrogens is 1. The molecule has 0 saturated heterocycles. The van der Waals surface area contributed by atoms with Crippen LogP contribution in [0, 0.1) is 5.41 Å². The minimum Gasteiger partial charge on any atom is -0.457 e. The van der Waals surface area contributed by atoms with E-state index < -0.39 is 23.1 Å². The molecule has 1 amide bonds. The maximum Gasteiger partial charge on any atom is 0.331 e. The number of ether oxygens (including phenoxy) is 1. The van der Waals surface area contributed by atoms with Crippen molar-refractivity contribution in [2.45, 2.75) is 46.3 Å². The van der Waals surface area contributed by atoms with Gasteiger partial charge in [0.15, 0.2) is 0 Å². The van der Waals surface area contributed by atoms with Crippen LogP contribution >= 0.6 is 0 Å². The third-order valence-electron chi connectivity index (χ3n) is 3.55. The van der Waals surface area contributed by atoms with Gasteiger partial charge in [0.1, 0.15) is 11.4 Å². The number of carbonyl (C=O) groups is 2. The van der Waals surface area contributed by atoms with Crippen molar-refractivity contribution in [3.8, 4) is 0 Å². The van der Waals surface area contributed by atoms with Crippen molar-refractivity contribution in [1.29, 1.82) is 0 Å². The fraction of sp³-hybridized carbons (Fsp3) is 0.471. The van der Waals surface area contributed by atoms with E-state index in [1.165, 1.54) is 12.3 Å². The molecule has 2 N–H and O–H groups in total. The normalized spacial score (nSPS) is 20.1. The molecule has 1 atom stereocenters. The van der Waals surface area contributed by atoms with Gasteiger partial charge in [0.2, 0.25) is 5.91 Å². The molecule has 6 heteroatoms. The van der Waals surface area contributed by atoms with Gasteiger partial charge in [0.25, 0.3) is 0 Å².